The van der Waals surface area contributed by atoms with Gasteiger partial charge in [0, 0.05) is 25.7 Å². The van der Waals surface area contributed by atoms with E-state index >= 15 is 0 Å². The van der Waals surface area contributed by atoms with E-state index in [-0.39, 0.29) is 12.5 Å². The molecule has 2 aliphatic carbocycles. The van der Waals surface area contributed by atoms with Crippen LogP contribution in [0, 0.1) is 0 Å². The van der Waals surface area contributed by atoms with E-state index in [2.05, 4.69) is 33.1 Å². The maximum Gasteiger partial charge on any atom is 0.258 e. The zero-order valence-corrected chi connectivity index (χ0v) is 15.3. The van der Waals surface area contributed by atoms with Gasteiger partial charge in [-0.25, -0.2) is 0 Å². The zero-order chi connectivity index (χ0) is 18.2. The SMILES string of the molecule is CN=C(NCCc1ccc(OCC(=O)NC2CC2)cc1)NC1CC=CC1. The second-order valence-electron chi connectivity index (χ2n) is 6.81. The van der Waals surface area contributed by atoms with Crippen LogP contribution in [-0.4, -0.2) is 44.1 Å². The zero-order valence-electron chi connectivity index (χ0n) is 15.3. The fraction of sp³-hybridized carbons (Fsp3) is 0.500. The van der Waals surface area contributed by atoms with Gasteiger partial charge in [0.2, 0.25) is 0 Å². The van der Waals surface area contributed by atoms with Crippen molar-refractivity contribution in [3.05, 3.63) is 42.0 Å². The first-order valence-electron chi connectivity index (χ1n) is 9.36. The van der Waals surface area contributed by atoms with Crippen molar-refractivity contribution in [3.8, 4) is 5.75 Å². The van der Waals surface area contributed by atoms with Gasteiger partial charge in [0.25, 0.3) is 5.91 Å². The normalized spacial score (nSPS) is 17.2. The highest BCUT2D eigenvalue weighted by Crippen LogP contribution is 2.18. The van der Waals surface area contributed by atoms with Gasteiger partial charge in [-0.1, -0.05) is 24.3 Å². The van der Waals surface area contributed by atoms with Crippen LogP contribution in [-0.2, 0) is 11.2 Å². The molecular weight excluding hydrogens is 328 g/mol. The highest BCUT2D eigenvalue weighted by Gasteiger charge is 2.23. The van der Waals surface area contributed by atoms with Gasteiger partial charge in [0.15, 0.2) is 12.6 Å². The second kappa shape index (κ2) is 9.27. The van der Waals surface area contributed by atoms with Gasteiger partial charge < -0.3 is 20.7 Å². The van der Waals surface area contributed by atoms with Crippen LogP contribution >= 0.6 is 0 Å². The first-order valence-corrected chi connectivity index (χ1v) is 9.36. The third kappa shape index (κ3) is 6.10. The Balaban J connectivity index is 1.34. The van der Waals surface area contributed by atoms with Crippen LogP contribution in [0.25, 0.3) is 0 Å². The third-order valence-corrected chi connectivity index (χ3v) is 4.51. The monoisotopic (exact) mass is 356 g/mol. The van der Waals surface area contributed by atoms with Crippen molar-refractivity contribution < 1.29 is 9.53 Å². The number of nitrogens with one attached hydrogen (secondary N) is 3. The lowest BCUT2D eigenvalue weighted by molar-refractivity contribution is -0.123. The first kappa shape index (κ1) is 18.3. The maximum absolute atomic E-state index is 11.6. The minimum Gasteiger partial charge on any atom is -0.484 e. The maximum atomic E-state index is 11.6. The van der Waals surface area contributed by atoms with Crippen molar-refractivity contribution in [2.24, 2.45) is 4.99 Å². The van der Waals surface area contributed by atoms with Crippen LogP contribution in [0.3, 0.4) is 0 Å². The lowest BCUT2D eigenvalue weighted by Crippen LogP contribution is -2.43. The lowest BCUT2D eigenvalue weighted by Gasteiger charge is -2.16. The quantitative estimate of drug-likeness (QED) is 0.377. The van der Waals surface area contributed by atoms with Gasteiger partial charge in [-0.2, -0.15) is 0 Å². The molecule has 0 bridgehead atoms. The Labute approximate surface area is 155 Å². The molecule has 1 saturated carbocycles. The van der Waals surface area contributed by atoms with E-state index in [0.29, 0.717) is 12.1 Å². The van der Waals surface area contributed by atoms with Crippen molar-refractivity contribution in [3.63, 3.8) is 0 Å². The standard InChI is InChI=1S/C20H28N4O2/c1-21-20(24-16-4-2-3-5-16)22-13-12-15-6-10-18(11-7-15)26-14-19(25)23-17-8-9-17/h2-3,6-7,10-11,16-17H,4-5,8-9,12-14H2,1H3,(H,23,25)(H2,21,22,24). The van der Waals surface area contributed by atoms with Crippen LogP contribution in [0.15, 0.2) is 41.4 Å². The first-order chi connectivity index (χ1) is 12.7. The number of ether oxygens (including phenoxy) is 1. The van der Waals surface area contributed by atoms with Crippen LogP contribution in [0.5, 0.6) is 5.75 Å². The summed E-state index contributed by atoms with van der Waals surface area (Å²) >= 11 is 0. The molecule has 0 unspecified atom stereocenters. The van der Waals surface area contributed by atoms with E-state index in [1.165, 1.54) is 5.56 Å². The number of benzene rings is 1. The van der Waals surface area contributed by atoms with Crippen LogP contribution in [0.4, 0.5) is 0 Å². The Morgan fingerprint density at radius 3 is 2.50 bits per heavy atom. The van der Waals surface area contributed by atoms with Crippen molar-refractivity contribution >= 4 is 11.9 Å². The molecule has 0 aliphatic heterocycles. The van der Waals surface area contributed by atoms with Crippen molar-refractivity contribution in [2.45, 2.75) is 44.2 Å². The van der Waals surface area contributed by atoms with Gasteiger partial charge in [-0.3, -0.25) is 9.79 Å². The van der Waals surface area contributed by atoms with Crippen LogP contribution in [0.2, 0.25) is 0 Å². The molecule has 6 heteroatoms. The van der Waals surface area contributed by atoms with E-state index in [9.17, 15) is 4.79 Å². The Bertz CT molecular complexity index is 642. The molecule has 2 aliphatic rings. The number of carbonyl (C=O) groups is 1. The molecule has 3 rings (SSSR count). The summed E-state index contributed by atoms with van der Waals surface area (Å²) in [6.45, 7) is 0.888. The predicted molar refractivity (Wildman–Crippen MR) is 103 cm³/mol. The molecule has 0 spiro atoms. The number of hydrogen-bond donors (Lipinski definition) is 3. The van der Waals surface area contributed by atoms with Gasteiger partial charge >= 0.3 is 0 Å². The summed E-state index contributed by atoms with van der Waals surface area (Å²) in [4.78, 5) is 15.9. The average molecular weight is 356 g/mol. The number of hydrogen-bond acceptors (Lipinski definition) is 3. The molecule has 0 heterocycles. The Morgan fingerprint density at radius 2 is 1.85 bits per heavy atom. The molecule has 1 aromatic rings. The molecule has 1 amide bonds. The number of nitrogens with zero attached hydrogens (tertiary/aromatic N) is 1. The minimum absolute atomic E-state index is 0.0443. The molecule has 26 heavy (non-hydrogen) atoms. The summed E-state index contributed by atoms with van der Waals surface area (Å²) in [5, 5.41) is 9.69. The fourth-order valence-corrected chi connectivity index (χ4v) is 2.85. The summed E-state index contributed by atoms with van der Waals surface area (Å²) in [7, 11) is 1.79. The summed E-state index contributed by atoms with van der Waals surface area (Å²) < 4.78 is 5.52. The molecular formula is C20H28N4O2. The van der Waals surface area contributed by atoms with E-state index in [4.69, 9.17) is 4.74 Å². The highest BCUT2D eigenvalue weighted by atomic mass is 16.5. The number of amides is 1. The van der Waals surface area contributed by atoms with Crippen molar-refractivity contribution in [2.75, 3.05) is 20.2 Å². The molecule has 1 aromatic carbocycles. The van der Waals surface area contributed by atoms with Gasteiger partial charge in [-0.05, 0) is 49.8 Å². The minimum atomic E-state index is -0.0443. The van der Waals surface area contributed by atoms with Crippen LogP contribution in [0.1, 0.15) is 31.2 Å². The topological polar surface area (TPSA) is 74.8 Å². The predicted octanol–water partition coefficient (Wildman–Crippen LogP) is 1.77. The summed E-state index contributed by atoms with van der Waals surface area (Å²) in [6, 6.07) is 8.72. The highest BCUT2D eigenvalue weighted by molar-refractivity contribution is 5.80. The molecule has 0 atom stereocenters. The Morgan fingerprint density at radius 1 is 1.12 bits per heavy atom. The van der Waals surface area contributed by atoms with E-state index in [0.717, 1.165) is 50.4 Å². The van der Waals surface area contributed by atoms with Crippen LogP contribution < -0.4 is 20.7 Å². The average Bonchev–Trinajstić information content (AvgIpc) is 3.32. The summed E-state index contributed by atoms with van der Waals surface area (Å²) in [5.74, 6) is 1.52. The molecule has 140 valence electrons. The lowest BCUT2D eigenvalue weighted by atomic mass is 10.1. The molecule has 1 fully saturated rings. The third-order valence-electron chi connectivity index (χ3n) is 4.51. The largest absolute Gasteiger partial charge is 0.484 e. The molecule has 0 aromatic heterocycles. The van der Waals surface area contributed by atoms with Gasteiger partial charge in [0.1, 0.15) is 5.75 Å². The Kier molecular flexibility index (Phi) is 6.52. The fourth-order valence-electron chi connectivity index (χ4n) is 2.85. The number of guanidine groups is 1. The number of rotatable bonds is 8. The number of aliphatic imine (C=N–C) groups is 1. The Hall–Kier alpha value is -2.50. The smallest absolute Gasteiger partial charge is 0.258 e. The molecule has 0 saturated heterocycles. The van der Waals surface area contributed by atoms with E-state index in [1.54, 1.807) is 7.05 Å². The molecule has 0 radical (unpaired) electrons. The van der Waals surface area contributed by atoms with Crippen molar-refractivity contribution in [1.29, 1.82) is 0 Å². The summed E-state index contributed by atoms with van der Waals surface area (Å²) in [5.41, 5.74) is 1.21. The van der Waals surface area contributed by atoms with Gasteiger partial charge in [0.05, 0.1) is 0 Å². The van der Waals surface area contributed by atoms with Gasteiger partial charge in [-0.15, -0.1) is 0 Å². The van der Waals surface area contributed by atoms with E-state index < -0.39 is 0 Å². The second-order valence-corrected chi connectivity index (χ2v) is 6.81. The summed E-state index contributed by atoms with van der Waals surface area (Å²) in [6.07, 6.45) is 9.58. The number of carbonyl (C=O) groups excluding carboxylic acids is 1. The molecule has 3 N–H and O–H groups in total. The molecule has 6 nitrogen and oxygen atoms in total. The van der Waals surface area contributed by atoms with E-state index in [1.807, 2.05) is 24.3 Å². The van der Waals surface area contributed by atoms with Crippen molar-refractivity contribution in [1.82, 2.24) is 16.0 Å².